The lowest BCUT2D eigenvalue weighted by Gasteiger charge is -2.12. The number of nitrogens with two attached hydrogens (primary N) is 1. The second-order valence-corrected chi connectivity index (χ2v) is 4.76. The summed E-state index contributed by atoms with van der Waals surface area (Å²) < 4.78 is 0. The Balaban J connectivity index is 1.86. The SMILES string of the molecule is NC(CCCc1ccccc1)c1ncccc1Cl. The molecular formula is C15H17ClN2. The van der Waals surface area contributed by atoms with Crippen molar-refractivity contribution in [2.75, 3.05) is 0 Å². The molecule has 0 fully saturated rings. The van der Waals surface area contributed by atoms with Crippen LogP contribution < -0.4 is 5.73 Å². The van der Waals surface area contributed by atoms with Gasteiger partial charge in [0, 0.05) is 12.2 Å². The van der Waals surface area contributed by atoms with E-state index >= 15 is 0 Å². The van der Waals surface area contributed by atoms with Crippen molar-refractivity contribution in [3.8, 4) is 0 Å². The number of hydrogen-bond donors (Lipinski definition) is 1. The third-order valence-corrected chi connectivity index (χ3v) is 3.28. The maximum atomic E-state index is 6.11. The Labute approximate surface area is 113 Å². The number of aromatic nitrogens is 1. The molecule has 0 aliphatic heterocycles. The van der Waals surface area contributed by atoms with Crippen LogP contribution in [0.25, 0.3) is 0 Å². The Morgan fingerprint density at radius 3 is 2.61 bits per heavy atom. The lowest BCUT2D eigenvalue weighted by Crippen LogP contribution is -2.12. The summed E-state index contributed by atoms with van der Waals surface area (Å²) >= 11 is 6.07. The Kier molecular flexibility index (Phi) is 4.73. The van der Waals surface area contributed by atoms with Crippen LogP contribution >= 0.6 is 11.6 Å². The molecule has 0 aliphatic carbocycles. The summed E-state index contributed by atoms with van der Waals surface area (Å²) in [4.78, 5) is 4.25. The van der Waals surface area contributed by atoms with Crippen LogP contribution in [-0.2, 0) is 6.42 Å². The van der Waals surface area contributed by atoms with E-state index in [9.17, 15) is 0 Å². The largest absolute Gasteiger partial charge is 0.323 e. The van der Waals surface area contributed by atoms with Crippen LogP contribution in [0.3, 0.4) is 0 Å². The van der Waals surface area contributed by atoms with Gasteiger partial charge in [-0.2, -0.15) is 0 Å². The molecule has 2 nitrogen and oxygen atoms in total. The molecule has 94 valence electrons. The Morgan fingerprint density at radius 1 is 1.11 bits per heavy atom. The number of halogens is 1. The number of aryl methyl sites for hydroxylation is 1. The van der Waals surface area contributed by atoms with Gasteiger partial charge in [0.1, 0.15) is 0 Å². The van der Waals surface area contributed by atoms with E-state index in [2.05, 4.69) is 29.2 Å². The molecule has 0 bridgehead atoms. The van der Waals surface area contributed by atoms with Crippen LogP contribution in [0, 0.1) is 0 Å². The third-order valence-electron chi connectivity index (χ3n) is 2.96. The van der Waals surface area contributed by atoms with Gasteiger partial charge in [0.2, 0.25) is 0 Å². The van der Waals surface area contributed by atoms with Crippen molar-refractivity contribution in [2.24, 2.45) is 5.73 Å². The smallest absolute Gasteiger partial charge is 0.0756 e. The molecule has 1 atom stereocenters. The molecule has 0 spiro atoms. The van der Waals surface area contributed by atoms with Crippen LogP contribution in [0.5, 0.6) is 0 Å². The molecule has 2 aromatic rings. The van der Waals surface area contributed by atoms with Crippen LogP contribution in [-0.4, -0.2) is 4.98 Å². The summed E-state index contributed by atoms with van der Waals surface area (Å²) in [5, 5.41) is 0.657. The van der Waals surface area contributed by atoms with Gasteiger partial charge in [-0.05, 0) is 37.0 Å². The number of nitrogens with zero attached hydrogens (tertiary/aromatic N) is 1. The highest BCUT2D eigenvalue weighted by molar-refractivity contribution is 6.31. The van der Waals surface area contributed by atoms with Gasteiger partial charge in [0.05, 0.1) is 10.7 Å². The predicted octanol–water partition coefficient (Wildman–Crippen LogP) is 3.76. The fourth-order valence-corrected chi connectivity index (χ4v) is 2.24. The molecule has 0 saturated carbocycles. The molecule has 0 aliphatic rings. The van der Waals surface area contributed by atoms with Gasteiger partial charge in [0.25, 0.3) is 0 Å². The molecule has 0 radical (unpaired) electrons. The molecular weight excluding hydrogens is 244 g/mol. The van der Waals surface area contributed by atoms with E-state index in [4.69, 9.17) is 17.3 Å². The second-order valence-electron chi connectivity index (χ2n) is 4.35. The normalized spacial score (nSPS) is 12.3. The number of pyridine rings is 1. The van der Waals surface area contributed by atoms with Gasteiger partial charge < -0.3 is 5.73 Å². The number of benzene rings is 1. The van der Waals surface area contributed by atoms with Gasteiger partial charge in [0.15, 0.2) is 0 Å². The maximum Gasteiger partial charge on any atom is 0.0756 e. The minimum absolute atomic E-state index is 0.0811. The van der Waals surface area contributed by atoms with E-state index in [1.165, 1.54) is 5.56 Å². The topological polar surface area (TPSA) is 38.9 Å². The first-order valence-corrected chi connectivity index (χ1v) is 6.55. The predicted molar refractivity (Wildman–Crippen MR) is 75.6 cm³/mol. The lowest BCUT2D eigenvalue weighted by atomic mass is 10.0. The Bertz CT molecular complexity index is 485. The maximum absolute atomic E-state index is 6.11. The Hall–Kier alpha value is -1.38. The van der Waals surface area contributed by atoms with Crippen molar-refractivity contribution in [1.82, 2.24) is 4.98 Å². The van der Waals surface area contributed by atoms with Gasteiger partial charge >= 0.3 is 0 Å². The van der Waals surface area contributed by atoms with Crippen LogP contribution in [0.2, 0.25) is 5.02 Å². The zero-order chi connectivity index (χ0) is 12.8. The number of hydrogen-bond acceptors (Lipinski definition) is 2. The zero-order valence-corrected chi connectivity index (χ0v) is 11.0. The highest BCUT2D eigenvalue weighted by Crippen LogP contribution is 2.22. The van der Waals surface area contributed by atoms with Crippen molar-refractivity contribution in [3.63, 3.8) is 0 Å². The van der Waals surface area contributed by atoms with E-state index in [0.29, 0.717) is 5.02 Å². The first-order valence-electron chi connectivity index (χ1n) is 6.17. The second kappa shape index (κ2) is 6.53. The molecule has 2 N–H and O–H groups in total. The molecule has 2 rings (SSSR count). The first-order chi connectivity index (χ1) is 8.77. The molecule has 1 unspecified atom stereocenters. The minimum Gasteiger partial charge on any atom is -0.323 e. The molecule has 18 heavy (non-hydrogen) atoms. The van der Waals surface area contributed by atoms with Crippen molar-refractivity contribution >= 4 is 11.6 Å². The van der Waals surface area contributed by atoms with Crippen LogP contribution in [0.15, 0.2) is 48.7 Å². The van der Waals surface area contributed by atoms with Crippen LogP contribution in [0.1, 0.15) is 30.1 Å². The fourth-order valence-electron chi connectivity index (χ4n) is 1.98. The minimum atomic E-state index is -0.0811. The van der Waals surface area contributed by atoms with E-state index < -0.39 is 0 Å². The highest BCUT2D eigenvalue weighted by Gasteiger charge is 2.10. The summed E-state index contributed by atoms with van der Waals surface area (Å²) in [6.45, 7) is 0. The number of rotatable bonds is 5. The highest BCUT2D eigenvalue weighted by atomic mass is 35.5. The standard InChI is InChI=1S/C15H17ClN2/c16-13-9-5-11-18-15(13)14(17)10-4-8-12-6-2-1-3-7-12/h1-3,5-7,9,11,14H,4,8,10,17H2. The third kappa shape index (κ3) is 3.56. The molecule has 0 amide bonds. The first kappa shape index (κ1) is 13.1. The molecule has 0 saturated heterocycles. The quantitative estimate of drug-likeness (QED) is 0.889. The summed E-state index contributed by atoms with van der Waals surface area (Å²) in [6.07, 6.45) is 4.71. The van der Waals surface area contributed by atoms with Crippen LogP contribution in [0.4, 0.5) is 0 Å². The van der Waals surface area contributed by atoms with E-state index in [0.717, 1.165) is 25.0 Å². The van der Waals surface area contributed by atoms with E-state index in [1.807, 2.05) is 18.2 Å². The van der Waals surface area contributed by atoms with Crippen molar-refractivity contribution in [1.29, 1.82) is 0 Å². The monoisotopic (exact) mass is 260 g/mol. The Morgan fingerprint density at radius 2 is 1.89 bits per heavy atom. The molecule has 1 aromatic heterocycles. The fraction of sp³-hybridized carbons (Fsp3) is 0.267. The molecule has 1 aromatic carbocycles. The molecule has 1 heterocycles. The van der Waals surface area contributed by atoms with E-state index in [-0.39, 0.29) is 6.04 Å². The van der Waals surface area contributed by atoms with Gasteiger partial charge in [-0.25, -0.2) is 0 Å². The summed E-state index contributed by atoms with van der Waals surface area (Å²) in [7, 11) is 0. The van der Waals surface area contributed by atoms with Crippen molar-refractivity contribution in [2.45, 2.75) is 25.3 Å². The summed E-state index contributed by atoms with van der Waals surface area (Å²) in [5.41, 5.74) is 8.26. The lowest BCUT2D eigenvalue weighted by molar-refractivity contribution is 0.598. The van der Waals surface area contributed by atoms with Crippen molar-refractivity contribution in [3.05, 3.63) is 64.9 Å². The van der Waals surface area contributed by atoms with Gasteiger partial charge in [-0.1, -0.05) is 41.9 Å². The van der Waals surface area contributed by atoms with Gasteiger partial charge in [-0.3, -0.25) is 4.98 Å². The van der Waals surface area contributed by atoms with Gasteiger partial charge in [-0.15, -0.1) is 0 Å². The van der Waals surface area contributed by atoms with Crippen molar-refractivity contribution < 1.29 is 0 Å². The molecule has 3 heteroatoms. The zero-order valence-electron chi connectivity index (χ0n) is 10.2. The summed E-state index contributed by atoms with van der Waals surface area (Å²) in [5.74, 6) is 0. The summed E-state index contributed by atoms with van der Waals surface area (Å²) in [6, 6.07) is 14.0. The average Bonchev–Trinajstić information content (AvgIpc) is 2.40. The van der Waals surface area contributed by atoms with E-state index in [1.54, 1.807) is 6.20 Å². The average molecular weight is 261 g/mol.